The first-order chi connectivity index (χ1) is 9.44. The van der Waals surface area contributed by atoms with Crippen LogP contribution in [0.25, 0.3) is 0 Å². The van der Waals surface area contributed by atoms with Crippen molar-refractivity contribution in [3.8, 4) is 5.75 Å². The number of methoxy groups -OCH3 is 1. The predicted molar refractivity (Wildman–Crippen MR) is 83.8 cm³/mol. The van der Waals surface area contributed by atoms with E-state index in [0.29, 0.717) is 22.4 Å². The number of ether oxygens (including phenoxy) is 2. The summed E-state index contributed by atoms with van der Waals surface area (Å²) >= 11 is 1.28. The van der Waals surface area contributed by atoms with Crippen LogP contribution < -0.4 is 15.8 Å². The second-order valence-corrected chi connectivity index (χ2v) is 5.84. The Hall–Kier alpha value is -1.43. The van der Waals surface area contributed by atoms with Gasteiger partial charge < -0.3 is 20.5 Å². The summed E-state index contributed by atoms with van der Waals surface area (Å²) in [5, 5.41) is 4.19. The Morgan fingerprint density at radius 1 is 1.35 bits per heavy atom. The van der Waals surface area contributed by atoms with Gasteiger partial charge in [0, 0.05) is 6.04 Å². The number of carbonyl (C=O) groups excluding carboxylic acids is 1. The van der Waals surface area contributed by atoms with E-state index in [1.54, 1.807) is 0 Å². The van der Waals surface area contributed by atoms with Crippen molar-refractivity contribution in [2.24, 2.45) is 0 Å². The quantitative estimate of drug-likeness (QED) is 0.754. The van der Waals surface area contributed by atoms with E-state index in [0.717, 1.165) is 17.8 Å². The van der Waals surface area contributed by atoms with E-state index in [1.165, 1.54) is 18.4 Å². The van der Waals surface area contributed by atoms with Crippen LogP contribution in [0, 0.1) is 0 Å². The third-order valence-electron chi connectivity index (χ3n) is 2.94. The summed E-state index contributed by atoms with van der Waals surface area (Å²) in [6, 6.07) is 0.327. The first-order valence-electron chi connectivity index (χ1n) is 6.88. The summed E-state index contributed by atoms with van der Waals surface area (Å²) in [4.78, 5) is 12.1. The van der Waals surface area contributed by atoms with E-state index in [1.807, 2.05) is 13.8 Å². The number of esters is 1. The molecule has 0 atom stereocenters. The minimum atomic E-state index is -0.432. The van der Waals surface area contributed by atoms with Gasteiger partial charge in [0.1, 0.15) is 15.6 Å². The zero-order valence-electron chi connectivity index (χ0n) is 12.8. The van der Waals surface area contributed by atoms with Crippen molar-refractivity contribution in [3.05, 3.63) is 4.88 Å². The van der Waals surface area contributed by atoms with E-state index in [9.17, 15) is 4.79 Å². The number of rotatable bonds is 7. The molecule has 20 heavy (non-hydrogen) atoms. The summed E-state index contributed by atoms with van der Waals surface area (Å²) in [6.07, 6.45) is 1.96. The number of thiophene rings is 1. The number of hydrogen-bond donors (Lipinski definition) is 2. The highest BCUT2D eigenvalue weighted by atomic mass is 32.1. The highest BCUT2D eigenvalue weighted by Crippen LogP contribution is 2.44. The molecule has 0 aliphatic carbocycles. The zero-order chi connectivity index (χ0) is 15.3. The van der Waals surface area contributed by atoms with E-state index in [4.69, 9.17) is 15.2 Å². The van der Waals surface area contributed by atoms with Crippen molar-refractivity contribution in [1.29, 1.82) is 0 Å². The number of carbonyl (C=O) groups is 1. The minimum absolute atomic E-state index is 0.0142. The molecule has 0 bridgehead atoms. The number of anilines is 2. The van der Waals surface area contributed by atoms with Crippen molar-refractivity contribution < 1.29 is 14.3 Å². The Bertz CT molecular complexity index is 454. The second-order valence-electron chi connectivity index (χ2n) is 4.82. The van der Waals surface area contributed by atoms with Crippen LogP contribution in [-0.2, 0) is 4.74 Å². The molecule has 1 rings (SSSR count). The Morgan fingerprint density at radius 3 is 2.40 bits per heavy atom. The molecule has 5 nitrogen and oxygen atoms in total. The van der Waals surface area contributed by atoms with E-state index in [-0.39, 0.29) is 6.10 Å². The zero-order valence-corrected chi connectivity index (χ0v) is 13.6. The Labute approximate surface area is 124 Å². The van der Waals surface area contributed by atoms with Crippen molar-refractivity contribution in [2.75, 3.05) is 18.2 Å². The fraction of sp³-hybridized carbons (Fsp3) is 0.643. The molecule has 0 aliphatic heterocycles. The molecule has 0 aromatic carbocycles. The second kappa shape index (κ2) is 7.38. The number of nitrogen functional groups attached to an aromatic ring is 1. The number of nitrogens with two attached hydrogens (primary N) is 1. The monoisotopic (exact) mass is 300 g/mol. The van der Waals surface area contributed by atoms with Crippen molar-refractivity contribution in [3.63, 3.8) is 0 Å². The molecule has 6 heteroatoms. The van der Waals surface area contributed by atoms with Crippen molar-refractivity contribution >= 4 is 28.0 Å². The highest BCUT2D eigenvalue weighted by molar-refractivity contribution is 7.19. The Morgan fingerprint density at radius 2 is 1.95 bits per heavy atom. The number of hydrogen-bond acceptors (Lipinski definition) is 6. The van der Waals surface area contributed by atoms with E-state index >= 15 is 0 Å². The average molecular weight is 300 g/mol. The maximum atomic E-state index is 11.7. The first-order valence-corrected chi connectivity index (χ1v) is 7.69. The van der Waals surface area contributed by atoms with E-state index < -0.39 is 5.97 Å². The standard InChI is InChI=1S/C14H24N2O3S/c1-6-9(7-2)16-13-11(19-8(3)4)10(15)12(20-13)14(17)18-5/h8-9,16H,6-7,15H2,1-5H3. The highest BCUT2D eigenvalue weighted by Gasteiger charge is 2.24. The lowest BCUT2D eigenvalue weighted by molar-refractivity contribution is 0.0607. The lowest BCUT2D eigenvalue weighted by Crippen LogP contribution is -2.17. The molecule has 3 N–H and O–H groups in total. The molecule has 1 aromatic rings. The molecule has 1 aromatic heterocycles. The SMILES string of the molecule is CCC(CC)Nc1sc(C(=O)OC)c(N)c1OC(C)C. The third-order valence-corrected chi connectivity index (χ3v) is 4.04. The summed E-state index contributed by atoms with van der Waals surface area (Å²) < 4.78 is 10.5. The maximum absolute atomic E-state index is 11.7. The van der Waals surface area contributed by atoms with Crippen LogP contribution in [-0.4, -0.2) is 25.2 Å². The summed E-state index contributed by atoms with van der Waals surface area (Å²) in [6.45, 7) is 8.08. The molecule has 0 saturated heterocycles. The fourth-order valence-corrected chi connectivity index (χ4v) is 2.85. The van der Waals surface area contributed by atoms with Crippen LogP contribution in [0.2, 0.25) is 0 Å². The van der Waals surface area contributed by atoms with Crippen LogP contribution >= 0.6 is 11.3 Å². The summed E-state index contributed by atoms with van der Waals surface area (Å²) in [7, 11) is 1.35. The van der Waals surface area contributed by atoms with Gasteiger partial charge in [-0.3, -0.25) is 0 Å². The van der Waals surface area contributed by atoms with Gasteiger partial charge in [0.05, 0.1) is 13.2 Å². The lowest BCUT2D eigenvalue weighted by atomic mass is 10.2. The topological polar surface area (TPSA) is 73.6 Å². The molecule has 0 unspecified atom stereocenters. The van der Waals surface area contributed by atoms with Crippen molar-refractivity contribution in [1.82, 2.24) is 0 Å². The normalized spacial score (nSPS) is 10.9. The molecule has 1 heterocycles. The van der Waals surface area contributed by atoms with Gasteiger partial charge >= 0.3 is 5.97 Å². The Balaban J connectivity index is 3.15. The van der Waals surface area contributed by atoms with Crippen LogP contribution in [0.15, 0.2) is 0 Å². The molecule has 0 fully saturated rings. The Kier molecular flexibility index (Phi) is 6.13. The van der Waals surface area contributed by atoms with Gasteiger partial charge in [-0.05, 0) is 26.7 Å². The van der Waals surface area contributed by atoms with Crippen molar-refractivity contribution in [2.45, 2.75) is 52.7 Å². The molecular weight excluding hydrogens is 276 g/mol. The van der Waals surface area contributed by atoms with Crippen LogP contribution in [0.1, 0.15) is 50.2 Å². The maximum Gasteiger partial charge on any atom is 0.350 e. The summed E-state index contributed by atoms with van der Waals surface area (Å²) in [5.74, 6) is 0.121. The van der Waals surface area contributed by atoms with Gasteiger partial charge in [-0.1, -0.05) is 13.8 Å². The minimum Gasteiger partial charge on any atom is -0.486 e. The van der Waals surface area contributed by atoms with Crippen LogP contribution in [0.4, 0.5) is 10.7 Å². The van der Waals surface area contributed by atoms with Gasteiger partial charge in [-0.2, -0.15) is 0 Å². The average Bonchev–Trinajstić information content (AvgIpc) is 2.72. The first kappa shape index (κ1) is 16.6. The fourth-order valence-electron chi connectivity index (χ4n) is 1.80. The van der Waals surface area contributed by atoms with Gasteiger partial charge in [0.2, 0.25) is 0 Å². The molecule has 0 saturated carbocycles. The third kappa shape index (κ3) is 3.79. The molecule has 0 aliphatic rings. The van der Waals surface area contributed by atoms with E-state index in [2.05, 4.69) is 19.2 Å². The lowest BCUT2D eigenvalue weighted by Gasteiger charge is -2.17. The molecule has 0 amide bonds. The molecule has 0 radical (unpaired) electrons. The van der Waals surface area contributed by atoms with Gasteiger partial charge in [0.25, 0.3) is 0 Å². The predicted octanol–water partition coefficient (Wildman–Crippen LogP) is 3.50. The van der Waals surface area contributed by atoms with Gasteiger partial charge in [-0.25, -0.2) is 4.79 Å². The van der Waals surface area contributed by atoms with Crippen LogP contribution in [0.3, 0.4) is 0 Å². The smallest absolute Gasteiger partial charge is 0.350 e. The number of nitrogens with one attached hydrogen (secondary N) is 1. The summed E-state index contributed by atoms with van der Waals surface area (Å²) in [5.41, 5.74) is 6.38. The molecule has 114 valence electrons. The molecule has 0 spiro atoms. The molecular formula is C14H24N2O3S. The largest absolute Gasteiger partial charge is 0.486 e. The van der Waals surface area contributed by atoms with Crippen LogP contribution in [0.5, 0.6) is 5.75 Å². The van der Waals surface area contributed by atoms with Gasteiger partial charge in [0.15, 0.2) is 5.75 Å². The van der Waals surface area contributed by atoms with Gasteiger partial charge in [-0.15, -0.1) is 11.3 Å².